The average molecular weight is 152 g/mol. The third-order valence-electron chi connectivity index (χ3n) is 1.27. The van der Waals surface area contributed by atoms with Crippen molar-refractivity contribution in [2.75, 3.05) is 12.4 Å². The highest BCUT2D eigenvalue weighted by atomic mass is 16.4. The highest BCUT2D eigenvalue weighted by Crippen LogP contribution is 2.06. The van der Waals surface area contributed by atoms with Crippen LogP contribution < -0.4 is 5.32 Å². The first-order chi connectivity index (χ1) is 5.24. The van der Waals surface area contributed by atoms with Crippen LogP contribution in [0, 0.1) is 0 Å². The number of hydrogen-bond acceptors (Lipinski definition) is 3. The first-order valence-electron chi connectivity index (χ1n) is 3.10. The van der Waals surface area contributed by atoms with E-state index in [9.17, 15) is 4.79 Å². The lowest BCUT2D eigenvalue weighted by Crippen LogP contribution is -1.98. The quantitative estimate of drug-likeness (QED) is 0.658. The van der Waals surface area contributed by atoms with E-state index in [1.54, 1.807) is 13.2 Å². The van der Waals surface area contributed by atoms with Gasteiger partial charge in [-0.05, 0) is 6.07 Å². The normalized spacial score (nSPS) is 9.18. The van der Waals surface area contributed by atoms with Crippen LogP contribution in [0.3, 0.4) is 0 Å². The molecular formula is C7H8N2O2. The van der Waals surface area contributed by atoms with Crippen LogP contribution in [0.25, 0.3) is 0 Å². The van der Waals surface area contributed by atoms with Gasteiger partial charge in [-0.2, -0.15) is 0 Å². The van der Waals surface area contributed by atoms with Gasteiger partial charge in [0.05, 0.1) is 11.3 Å². The van der Waals surface area contributed by atoms with Crippen molar-refractivity contribution in [3.8, 4) is 0 Å². The molecule has 0 atom stereocenters. The summed E-state index contributed by atoms with van der Waals surface area (Å²) < 4.78 is 0. The Morgan fingerprint density at radius 1 is 1.64 bits per heavy atom. The van der Waals surface area contributed by atoms with Crippen molar-refractivity contribution < 1.29 is 9.90 Å². The van der Waals surface area contributed by atoms with Gasteiger partial charge < -0.3 is 10.4 Å². The number of nitrogens with one attached hydrogen (secondary N) is 1. The number of carboxylic acid groups (broad SMARTS) is 1. The second-order valence-corrected chi connectivity index (χ2v) is 2.02. The zero-order valence-electron chi connectivity index (χ0n) is 6.03. The molecule has 0 bridgehead atoms. The minimum absolute atomic E-state index is 0.192. The Morgan fingerprint density at radius 3 is 2.91 bits per heavy atom. The van der Waals surface area contributed by atoms with E-state index in [0.717, 1.165) is 0 Å². The molecule has 0 unspecified atom stereocenters. The topological polar surface area (TPSA) is 62.2 Å². The Balaban J connectivity index is 3.01. The molecule has 0 fully saturated rings. The molecule has 0 amide bonds. The number of anilines is 1. The molecule has 0 spiro atoms. The van der Waals surface area contributed by atoms with E-state index in [-0.39, 0.29) is 5.56 Å². The van der Waals surface area contributed by atoms with Crippen LogP contribution in [0.4, 0.5) is 5.69 Å². The van der Waals surface area contributed by atoms with Crippen LogP contribution in [0.2, 0.25) is 0 Å². The van der Waals surface area contributed by atoms with Gasteiger partial charge in [-0.3, -0.25) is 4.98 Å². The van der Waals surface area contributed by atoms with Gasteiger partial charge >= 0.3 is 5.97 Å². The van der Waals surface area contributed by atoms with E-state index in [1.807, 2.05) is 0 Å². The van der Waals surface area contributed by atoms with Crippen LogP contribution in [-0.2, 0) is 0 Å². The zero-order chi connectivity index (χ0) is 8.27. The van der Waals surface area contributed by atoms with Crippen LogP contribution in [0.1, 0.15) is 10.4 Å². The first kappa shape index (κ1) is 7.53. The van der Waals surface area contributed by atoms with Gasteiger partial charge in [-0.1, -0.05) is 0 Å². The number of nitrogens with zero attached hydrogens (tertiary/aromatic N) is 1. The number of carboxylic acids is 1. The Labute approximate surface area is 63.9 Å². The summed E-state index contributed by atoms with van der Waals surface area (Å²) in [5, 5.41) is 11.3. The van der Waals surface area contributed by atoms with Crippen LogP contribution >= 0.6 is 0 Å². The smallest absolute Gasteiger partial charge is 0.337 e. The molecule has 11 heavy (non-hydrogen) atoms. The van der Waals surface area contributed by atoms with Gasteiger partial charge in [0.2, 0.25) is 0 Å². The summed E-state index contributed by atoms with van der Waals surface area (Å²) in [6.07, 6.45) is 2.87. The molecule has 0 aliphatic heterocycles. The molecule has 1 aromatic rings. The van der Waals surface area contributed by atoms with Crippen molar-refractivity contribution in [3.63, 3.8) is 0 Å². The molecule has 1 aromatic heterocycles. The maximum absolute atomic E-state index is 10.4. The highest BCUT2D eigenvalue weighted by Gasteiger charge is 2.01. The number of aromatic nitrogens is 1. The summed E-state index contributed by atoms with van der Waals surface area (Å²) in [5.74, 6) is -0.963. The maximum atomic E-state index is 10.4. The van der Waals surface area contributed by atoms with Crippen molar-refractivity contribution in [2.24, 2.45) is 0 Å². The molecule has 58 valence electrons. The lowest BCUT2D eigenvalue weighted by Gasteiger charge is -1.98. The molecule has 4 heteroatoms. The molecule has 1 rings (SSSR count). The Bertz CT molecular complexity index is 273. The van der Waals surface area contributed by atoms with Gasteiger partial charge in [0.1, 0.15) is 0 Å². The summed E-state index contributed by atoms with van der Waals surface area (Å²) in [6, 6.07) is 1.52. The SMILES string of the molecule is CNc1cncc(C(=O)O)c1. The first-order valence-corrected chi connectivity index (χ1v) is 3.10. The fraction of sp³-hybridized carbons (Fsp3) is 0.143. The molecule has 0 aliphatic rings. The standard InChI is InChI=1S/C7H8N2O2/c1-8-6-2-5(7(10)11)3-9-4-6/h2-4,8H,1H3,(H,10,11). The van der Waals surface area contributed by atoms with Crippen LogP contribution in [0.5, 0.6) is 0 Å². The van der Waals surface area contributed by atoms with Crippen molar-refractivity contribution in [1.29, 1.82) is 0 Å². The summed E-state index contributed by atoms with van der Waals surface area (Å²) in [5.41, 5.74) is 0.891. The molecule has 4 nitrogen and oxygen atoms in total. The summed E-state index contributed by atoms with van der Waals surface area (Å²) in [7, 11) is 1.71. The van der Waals surface area contributed by atoms with Gasteiger partial charge in [-0.25, -0.2) is 4.79 Å². The Kier molecular flexibility index (Phi) is 2.06. The number of rotatable bonds is 2. The van der Waals surface area contributed by atoms with Gasteiger partial charge in [0, 0.05) is 19.4 Å². The fourth-order valence-electron chi connectivity index (χ4n) is 0.694. The second kappa shape index (κ2) is 3.01. The fourth-order valence-corrected chi connectivity index (χ4v) is 0.694. The molecule has 0 aromatic carbocycles. The number of hydrogen-bond donors (Lipinski definition) is 2. The predicted octanol–water partition coefficient (Wildman–Crippen LogP) is 0.821. The van der Waals surface area contributed by atoms with Crippen molar-refractivity contribution in [3.05, 3.63) is 24.0 Å². The lowest BCUT2D eigenvalue weighted by atomic mass is 10.3. The molecule has 2 N–H and O–H groups in total. The van der Waals surface area contributed by atoms with E-state index >= 15 is 0 Å². The van der Waals surface area contributed by atoms with Crippen LogP contribution in [0.15, 0.2) is 18.5 Å². The van der Waals surface area contributed by atoms with E-state index in [4.69, 9.17) is 5.11 Å². The van der Waals surface area contributed by atoms with E-state index in [0.29, 0.717) is 5.69 Å². The average Bonchev–Trinajstić information content (AvgIpc) is 2.05. The van der Waals surface area contributed by atoms with E-state index < -0.39 is 5.97 Å². The Morgan fingerprint density at radius 2 is 2.36 bits per heavy atom. The van der Waals surface area contributed by atoms with Crippen LogP contribution in [-0.4, -0.2) is 23.1 Å². The molecule has 0 radical (unpaired) electrons. The minimum atomic E-state index is -0.963. The Hall–Kier alpha value is -1.58. The monoisotopic (exact) mass is 152 g/mol. The van der Waals surface area contributed by atoms with E-state index in [2.05, 4.69) is 10.3 Å². The van der Waals surface area contributed by atoms with Gasteiger partial charge in [0.15, 0.2) is 0 Å². The van der Waals surface area contributed by atoms with Crippen molar-refractivity contribution in [1.82, 2.24) is 4.98 Å². The second-order valence-electron chi connectivity index (χ2n) is 2.02. The summed E-state index contributed by atoms with van der Waals surface area (Å²) in [4.78, 5) is 14.1. The third-order valence-corrected chi connectivity index (χ3v) is 1.27. The molecular weight excluding hydrogens is 144 g/mol. The van der Waals surface area contributed by atoms with Gasteiger partial charge in [-0.15, -0.1) is 0 Å². The summed E-state index contributed by atoms with van der Waals surface area (Å²) in [6.45, 7) is 0. The number of pyridine rings is 1. The number of carbonyl (C=O) groups is 1. The molecule has 0 saturated carbocycles. The molecule has 1 heterocycles. The van der Waals surface area contributed by atoms with Crippen molar-refractivity contribution >= 4 is 11.7 Å². The molecule has 0 saturated heterocycles. The zero-order valence-corrected chi connectivity index (χ0v) is 6.03. The van der Waals surface area contributed by atoms with Gasteiger partial charge in [0.25, 0.3) is 0 Å². The lowest BCUT2D eigenvalue weighted by molar-refractivity contribution is 0.0696. The van der Waals surface area contributed by atoms with E-state index in [1.165, 1.54) is 12.3 Å². The third kappa shape index (κ3) is 1.67. The number of aromatic carboxylic acids is 1. The predicted molar refractivity (Wildman–Crippen MR) is 40.7 cm³/mol. The largest absolute Gasteiger partial charge is 0.478 e. The highest BCUT2D eigenvalue weighted by molar-refractivity contribution is 5.88. The maximum Gasteiger partial charge on any atom is 0.337 e. The minimum Gasteiger partial charge on any atom is -0.478 e. The summed E-state index contributed by atoms with van der Waals surface area (Å²) >= 11 is 0. The van der Waals surface area contributed by atoms with Crippen molar-refractivity contribution in [2.45, 2.75) is 0 Å². The molecule has 0 aliphatic carbocycles.